The molecule has 3 aromatic carbocycles. The molecule has 0 bridgehead atoms. The number of sulfonamides is 1. The summed E-state index contributed by atoms with van der Waals surface area (Å²) >= 11 is 6.02. The number of carbonyl (C=O) groups excluding carboxylic acids is 1. The van der Waals surface area contributed by atoms with Crippen LogP contribution in [0.3, 0.4) is 0 Å². The predicted molar refractivity (Wildman–Crippen MR) is 141 cm³/mol. The van der Waals surface area contributed by atoms with Crippen LogP contribution in [0.5, 0.6) is 11.5 Å². The van der Waals surface area contributed by atoms with Gasteiger partial charge in [-0.05, 0) is 48.0 Å². The van der Waals surface area contributed by atoms with Gasteiger partial charge in [-0.2, -0.15) is 0 Å². The van der Waals surface area contributed by atoms with E-state index in [0.29, 0.717) is 10.8 Å². The van der Waals surface area contributed by atoms with E-state index in [1.54, 1.807) is 43.0 Å². The third-order valence-electron chi connectivity index (χ3n) is 5.60. The fourth-order valence-electron chi connectivity index (χ4n) is 3.72. The summed E-state index contributed by atoms with van der Waals surface area (Å²) in [5.41, 5.74) is 1.98. The van der Waals surface area contributed by atoms with Gasteiger partial charge in [-0.15, -0.1) is 0 Å². The van der Waals surface area contributed by atoms with E-state index in [-0.39, 0.29) is 22.9 Å². The van der Waals surface area contributed by atoms with Crippen LogP contribution >= 0.6 is 11.6 Å². The summed E-state index contributed by atoms with van der Waals surface area (Å²) in [6.07, 6.45) is 5.13. The zero-order chi connectivity index (χ0) is 26.4. The molecule has 0 atom stereocenters. The molecule has 37 heavy (non-hydrogen) atoms. The van der Waals surface area contributed by atoms with E-state index in [1.807, 2.05) is 28.8 Å². The second-order valence-electron chi connectivity index (χ2n) is 7.88. The molecule has 9 nitrogen and oxygen atoms in total. The van der Waals surface area contributed by atoms with Gasteiger partial charge in [0.05, 0.1) is 36.8 Å². The number of methoxy groups -OCH3 is 2. The molecule has 0 saturated carbocycles. The number of para-hydroxylation sites is 1. The minimum absolute atomic E-state index is 0.0571. The number of hydrogen-bond acceptors (Lipinski definition) is 6. The molecule has 4 aromatic rings. The maximum atomic E-state index is 13.7. The first-order valence-corrected chi connectivity index (χ1v) is 13.0. The standard InChI is InChI=1S/C26H25ClN4O5S/c1-35-24-12-11-22(15-25(24)36-2)37(33,34)31(21-9-7-20(27)8-10-21)17-26(32)29-16-19-5-3-4-6-23(19)30-14-13-28-18-30/h3-15,18H,16-17H2,1-2H3,(H,29,32). The van der Waals surface area contributed by atoms with E-state index in [4.69, 9.17) is 21.1 Å². The molecule has 0 spiro atoms. The van der Waals surface area contributed by atoms with Crippen molar-refractivity contribution in [2.45, 2.75) is 11.4 Å². The second-order valence-corrected chi connectivity index (χ2v) is 10.2. The molecular formula is C26H25ClN4O5S. The molecule has 1 N–H and O–H groups in total. The number of imidazole rings is 1. The van der Waals surface area contributed by atoms with Gasteiger partial charge in [0.2, 0.25) is 5.91 Å². The number of amides is 1. The first kappa shape index (κ1) is 26.1. The number of aromatic nitrogens is 2. The van der Waals surface area contributed by atoms with Crippen LogP contribution in [0, 0.1) is 0 Å². The van der Waals surface area contributed by atoms with Crippen molar-refractivity contribution >= 4 is 33.2 Å². The average Bonchev–Trinajstić information content (AvgIpc) is 3.46. The quantitative estimate of drug-likeness (QED) is 0.325. The van der Waals surface area contributed by atoms with Crippen LogP contribution in [0.2, 0.25) is 5.02 Å². The summed E-state index contributed by atoms with van der Waals surface area (Å²) in [6, 6.07) is 18.0. The Morgan fingerprint density at radius 1 is 1.03 bits per heavy atom. The number of hydrogen-bond donors (Lipinski definition) is 1. The smallest absolute Gasteiger partial charge is 0.264 e. The topological polar surface area (TPSA) is 103 Å². The van der Waals surface area contributed by atoms with Crippen molar-refractivity contribution in [3.63, 3.8) is 0 Å². The first-order valence-electron chi connectivity index (χ1n) is 11.2. The normalized spacial score (nSPS) is 11.1. The number of nitrogens with one attached hydrogen (secondary N) is 1. The number of anilines is 1. The van der Waals surface area contributed by atoms with Gasteiger partial charge in [0.25, 0.3) is 10.0 Å². The molecule has 0 aliphatic heterocycles. The van der Waals surface area contributed by atoms with E-state index in [0.717, 1.165) is 15.6 Å². The molecule has 0 aliphatic rings. The summed E-state index contributed by atoms with van der Waals surface area (Å²) in [4.78, 5) is 17.1. The lowest BCUT2D eigenvalue weighted by Crippen LogP contribution is -2.40. The number of ether oxygens (including phenoxy) is 2. The van der Waals surface area contributed by atoms with Crippen molar-refractivity contribution in [2.24, 2.45) is 0 Å². The molecule has 1 aromatic heterocycles. The fraction of sp³-hybridized carbons (Fsp3) is 0.154. The average molecular weight is 541 g/mol. The predicted octanol–water partition coefficient (Wildman–Crippen LogP) is 4.05. The Balaban J connectivity index is 1.61. The zero-order valence-corrected chi connectivity index (χ0v) is 21.7. The molecule has 0 saturated heterocycles. The molecule has 0 fully saturated rings. The lowest BCUT2D eigenvalue weighted by Gasteiger charge is -2.24. The monoisotopic (exact) mass is 540 g/mol. The van der Waals surface area contributed by atoms with Crippen LogP contribution < -0.4 is 19.1 Å². The summed E-state index contributed by atoms with van der Waals surface area (Å²) in [5, 5.41) is 3.27. The number of nitrogens with zero attached hydrogens (tertiary/aromatic N) is 3. The van der Waals surface area contributed by atoms with Gasteiger partial charge in [-0.25, -0.2) is 13.4 Å². The van der Waals surface area contributed by atoms with Gasteiger partial charge < -0.3 is 19.4 Å². The van der Waals surface area contributed by atoms with Crippen molar-refractivity contribution in [1.82, 2.24) is 14.9 Å². The number of halogens is 1. The third-order valence-corrected chi connectivity index (χ3v) is 7.62. The minimum Gasteiger partial charge on any atom is -0.493 e. The molecule has 0 radical (unpaired) electrons. The van der Waals surface area contributed by atoms with Gasteiger partial charge in [-0.3, -0.25) is 9.10 Å². The van der Waals surface area contributed by atoms with Crippen molar-refractivity contribution in [1.29, 1.82) is 0 Å². The van der Waals surface area contributed by atoms with Gasteiger partial charge >= 0.3 is 0 Å². The molecule has 1 amide bonds. The molecule has 4 rings (SSSR count). The summed E-state index contributed by atoms with van der Waals surface area (Å²) < 4.78 is 40.8. The van der Waals surface area contributed by atoms with Gasteiger partial charge in [0.1, 0.15) is 6.54 Å². The lowest BCUT2D eigenvalue weighted by atomic mass is 10.1. The van der Waals surface area contributed by atoms with Crippen molar-refractivity contribution in [3.8, 4) is 17.2 Å². The van der Waals surface area contributed by atoms with Crippen molar-refractivity contribution in [2.75, 3.05) is 25.1 Å². The Kier molecular flexibility index (Phi) is 8.00. The Labute approximate surface area is 220 Å². The molecule has 11 heteroatoms. The Morgan fingerprint density at radius 3 is 2.43 bits per heavy atom. The number of benzene rings is 3. The van der Waals surface area contributed by atoms with Crippen molar-refractivity contribution < 1.29 is 22.7 Å². The van der Waals surface area contributed by atoms with Crippen LogP contribution in [-0.2, 0) is 21.4 Å². The van der Waals surface area contributed by atoms with E-state index >= 15 is 0 Å². The highest BCUT2D eigenvalue weighted by Gasteiger charge is 2.28. The van der Waals surface area contributed by atoms with Gasteiger partial charge in [0.15, 0.2) is 11.5 Å². The maximum Gasteiger partial charge on any atom is 0.264 e. The molecule has 0 aliphatic carbocycles. The van der Waals surface area contributed by atoms with Crippen LogP contribution in [0.1, 0.15) is 5.56 Å². The largest absolute Gasteiger partial charge is 0.493 e. The second kappa shape index (κ2) is 11.4. The molecule has 0 unspecified atom stereocenters. The van der Waals surface area contributed by atoms with Crippen molar-refractivity contribution in [3.05, 3.63) is 96.0 Å². The summed E-state index contributed by atoms with van der Waals surface area (Å²) in [7, 11) is -1.29. The Hall–Kier alpha value is -4.02. The van der Waals surface area contributed by atoms with E-state index in [1.165, 1.54) is 32.4 Å². The lowest BCUT2D eigenvalue weighted by molar-refractivity contribution is -0.119. The Bertz CT molecular complexity index is 1480. The van der Waals surface area contributed by atoms with Crippen LogP contribution in [0.15, 0.2) is 90.3 Å². The van der Waals surface area contributed by atoms with E-state index in [2.05, 4.69) is 10.3 Å². The molecule has 192 valence electrons. The highest BCUT2D eigenvalue weighted by molar-refractivity contribution is 7.92. The van der Waals surface area contributed by atoms with Crippen LogP contribution in [0.4, 0.5) is 5.69 Å². The third kappa shape index (κ3) is 5.87. The zero-order valence-electron chi connectivity index (χ0n) is 20.2. The highest BCUT2D eigenvalue weighted by Crippen LogP contribution is 2.32. The first-order chi connectivity index (χ1) is 17.8. The maximum absolute atomic E-state index is 13.7. The van der Waals surface area contributed by atoms with Gasteiger partial charge in [-0.1, -0.05) is 29.8 Å². The van der Waals surface area contributed by atoms with E-state index in [9.17, 15) is 13.2 Å². The van der Waals surface area contributed by atoms with Crippen LogP contribution in [-0.4, -0.2) is 44.6 Å². The number of rotatable bonds is 10. The Morgan fingerprint density at radius 2 is 1.76 bits per heavy atom. The highest BCUT2D eigenvalue weighted by atomic mass is 35.5. The molecule has 1 heterocycles. The molecular weight excluding hydrogens is 516 g/mol. The van der Waals surface area contributed by atoms with Crippen LogP contribution in [0.25, 0.3) is 5.69 Å². The summed E-state index contributed by atoms with van der Waals surface area (Å²) in [5.74, 6) is 0.147. The number of carbonyl (C=O) groups is 1. The van der Waals surface area contributed by atoms with Gasteiger partial charge in [0, 0.05) is 30.0 Å². The SMILES string of the molecule is COc1ccc(S(=O)(=O)N(CC(=O)NCc2ccccc2-n2ccnc2)c2ccc(Cl)cc2)cc1OC. The summed E-state index contributed by atoms with van der Waals surface area (Å²) in [6.45, 7) is -0.260. The van der Waals surface area contributed by atoms with E-state index < -0.39 is 22.5 Å². The fourth-order valence-corrected chi connectivity index (χ4v) is 5.28. The minimum atomic E-state index is -4.16.